The standard InChI is InChI=1S/C31H25P/c1-5-13-24(14-6-1)21-28-23-29(26-17-9-3-10-18-26)30(22-25-15-7-2-8-16-25)31(32-28)27-19-11-4-12-20-27/h1-20,23H,21-22H2. The summed E-state index contributed by atoms with van der Waals surface area (Å²) < 4.78 is 0. The molecule has 5 aromatic rings. The molecule has 0 bridgehead atoms. The molecule has 1 heteroatoms. The lowest BCUT2D eigenvalue weighted by Gasteiger charge is -2.18. The van der Waals surface area contributed by atoms with Crippen LogP contribution in [0.1, 0.15) is 22.0 Å². The maximum atomic E-state index is 2.44. The Bertz CT molecular complexity index is 1220. The van der Waals surface area contributed by atoms with E-state index in [1.807, 2.05) is 0 Å². The van der Waals surface area contributed by atoms with Gasteiger partial charge in [0.05, 0.1) is 0 Å². The fourth-order valence-corrected chi connectivity index (χ4v) is 5.56. The molecule has 0 unspecified atom stereocenters. The number of benzene rings is 4. The van der Waals surface area contributed by atoms with E-state index < -0.39 is 0 Å². The van der Waals surface area contributed by atoms with Crippen LogP contribution in [-0.2, 0) is 12.8 Å². The zero-order chi connectivity index (χ0) is 21.6. The Morgan fingerprint density at radius 3 is 1.50 bits per heavy atom. The molecule has 0 amide bonds. The molecule has 0 spiro atoms. The monoisotopic (exact) mass is 428 g/mol. The molecule has 0 saturated carbocycles. The van der Waals surface area contributed by atoms with Gasteiger partial charge in [-0.25, -0.2) is 0 Å². The predicted molar refractivity (Wildman–Crippen MR) is 138 cm³/mol. The summed E-state index contributed by atoms with van der Waals surface area (Å²) in [4.78, 5) is 0. The van der Waals surface area contributed by atoms with Crippen molar-refractivity contribution in [3.8, 4) is 22.0 Å². The van der Waals surface area contributed by atoms with E-state index >= 15 is 0 Å². The van der Waals surface area contributed by atoms with Gasteiger partial charge in [-0.15, -0.1) is 0 Å². The molecular weight excluding hydrogens is 403 g/mol. The van der Waals surface area contributed by atoms with Crippen LogP contribution in [-0.4, -0.2) is 0 Å². The first kappa shape index (κ1) is 20.4. The maximum Gasteiger partial charge on any atom is 0.0135 e. The summed E-state index contributed by atoms with van der Waals surface area (Å²) in [5.74, 6) is 0. The third-order valence-corrected chi connectivity index (χ3v) is 7.09. The molecule has 0 saturated heterocycles. The molecule has 32 heavy (non-hydrogen) atoms. The molecule has 0 aliphatic rings. The van der Waals surface area contributed by atoms with Crippen molar-refractivity contribution < 1.29 is 0 Å². The van der Waals surface area contributed by atoms with Gasteiger partial charge in [0, 0.05) is 11.7 Å². The largest absolute Gasteiger partial charge is 0.0636 e. The van der Waals surface area contributed by atoms with Gasteiger partial charge in [-0.1, -0.05) is 130 Å². The zero-order valence-corrected chi connectivity index (χ0v) is 18.9. The molecule has 0 fully saturated rings. The van der Waals surface area contributed by atoms with Crippen LogP contribution in [0.25, 0.3) is 22.0 Å². The highest BCUT2D eigenvalue weighted by molar-refractivity contribution is 7.34. The number of hydrogen-bond acceptors (Lipinski definition) is 0. The first-order valence-corrected chi connectivity index (χ1v) is 12.0. The van der Waals surface area contributed by atoms with Crippen LogP contribution in [0.4, 0.5) is 0 Å². The van der Waals surface area contributed by atoms with Gasteiger partial charge in [0.1, 0.15) is 0 Å². The van der Waals surface area contributed by atoms with Crippen molar-refractivity contribution >= 4 is 8.19 Å². The lowest BCUT2D eigenvalue weighted by atomic mass is 9.93. The Morgan fingerprint density at radius 1 is 0.469 bits per heavy atom. The van der Waals surface area contributed by atoms with Crippen molar-refractivity contribution in [2.45, 2.75) is 12.8 Å². The first-order valence-electron chi connectivity index (χ1n) is 11.1. The van der Waals surface area contributed by atoms with Gasteiger partial charge >= 0.3 is 0 Å². The van der Waals surface area contributed by atoms with Crippen LogP contribution in [0.2, 0.25) is 0 Å². The minimum absolute atomic E-state index is 0.928. The van der Waals surface area contributed by atoms with Gasteiger partial charge in [-0.3, -0.25) is 0 Å². The Balaban J connectivity index is 1.72. The summed E-state index contributed by atoms with van der Waals surface area (Å²) in [5.41, 5.74) is 8.07. The van der Waals surface area contributed by atoms with Crippen molar-refractivity contribution in [2.24, 2.45) is 0 Å². The zero-order valence-electron chi connectivity index (χ0n) is 18.0. The Hall–Kier alpha value is -3.47. The van der Waals surface area contributed by atoms with E-state index in [1.54, 1.807) is 0 Å². The van der Waals surface area contributed by atoms with E-state index in [0.717, 1.165) is 12.8 Å². The average molecular weight is 429 g/mol. The molecule has 0 atom stereocenters. The topological polar surface area (TPSA) is 0 Å². The highest BCUT2D eigenvalue weighted by atomic mass is 31.0. The molecule has 1 heterocycles. The molecule has 0 aliphatic heterocycles. The van der Waals surface area contributed by atoms with Crippen LogP contribution in [0.15, 0.2) is 127 Å². The van der Waals surface area contributed by atoms with Crippen LogP contribution >= 0.6 is 8.19 Å². The second kappa shape index (κ2) is 9.77. The third-order valence-electron chi connectivity index (χ3n) is 5.76. The van der Waals surface area contributed by atoms with E-state index in [1.165, 1.54) is 52.2 Å². The van der Waals surface area contributed by atoms with Gasteiger partial charge in [0.15, 0.2) is 0 Å². The highest BCUT2D eigenvalue weighted by Gasteiger charge is 2.16. The van der Waals surface area contributed by atoms with Gasteiger partial charge in [0.25, 0.3) is 0 Å². The molecular formula is C31H25P. The number of hydrogen-bond donors (Lipinski definition) is 0. The minimum atomic E-state index is 0.928. The second-order valence-electron chi connectivity index (χ2n) is 8.05. The van der Waals surface area contributed by atoms with Crippen LogP contribution < -0.4 is 0 Å². The summed E-state index contributed by atoms with van der Waals surface area (Å²) in [7, 11) is 1.30. The number of rotatable bonds is 6. The quantitative estimate of drug-likeness (QED) is 0.253. The molecule has 0 aliphatic carbocycles. The van der Waals surface area contributed by atoms with Crippen molar-refractivity contribution in [3.05, 3.63) is 149 Å². The van der Waals surface area contributed by atoms with E-state index in [2.05, 4.69) is 127 Å². The summed E-state index contributed by atoms with van der Waals surface area (Å²) in [6, 6.07) is 45.8. The average Bonchev–Trinajstić information content (AvgIpc) is 2.87. The van der Waals surface area contributed by atoms with Gasteiger partial charge in [-0.2, -0.15) is 0 Å². The SMILES string of the molecule is c1ccc(Cc2cc(-c3ccccc3)c(Cc3ccccc3)c(-c3ccccc3)p2)cc1. The van der Waals surface area contributed by atoms with E-state index in [-0.39, 0.29) is 0 Å². The fraction of sp³-hybridized carbons (Fsp3) is 0.0645. The molecule has 0 N–H and O–H groups in total. The fourth-order valence-electron chi connectivity index (χ4n) is 4.21. The van der Waals surface area contributed by atoms with E-state index in [9.17, 15) is 0 Å². The second-order valence-corrected chi connectivity index (χ2v) is 9.29. The normalized spacial score (nSPS) is 11.0. The Kier molecular flexibility index (Phi) is 6.24. The van der Waals surface area contributed by atoms with E-state index in [4.69, 9.17) is 0 Å². The molecule has 154 valence electrons. The van der Waals surface area contributed by atoms with Gasteiger partial charge < -0.3 is 0 Å². The molecule has 0 radical (unpaired) electrons. The van der Waals surface area contributed by atoms with Crippen molar-refractivity contribution in [2.75, 3.05) is 0 Å². The highest BCUT2D eigenvalue weighted by Crippen LogP contribution is 2.42. The van der Waals surface area contributed by atoms with Crippen molar-refractivity contribution in [3.63, 3.8) is 0 Å². The smallest absolute Gasteiger partial charge is 0.0135 e. The van der Waals surface area contributed by atoms with Gasteiger partial charge in [0.2, 0.25) is 0 Å². The van der Waals surface area contributed by atoms with Gasteiger partial charge in [-0.05, 0) is 51.2 Å². The lowest BCUT2D eigenvalue weighted by Crippen LogP contribution is -1.97. The Morgan fingerprint density at radius 2 is 0.938 bits per heavy atom. The minimum Gasteiger partial charge on any atom is -0.0636 e. The maximum absolute atomic E-state index is 2.44. The van der Waals surface area contributed by atoms with E-state index in [0.29, 0.717) is 0 Å². The molecule has 5 rings (SSSR count). The molecule has 0 nitrogen and oxygen atoms in total. The third kappa shape index (κ3) is 4.72. The summed E-state index contributed by atoms with van der Waals surface area (Å²) in [5, 5.41) is 2.85. The van der Waals surface area contributed by atoms with Crippen LogP contribution in [0.3, 0.4) is 0 Å². The summed E-state index contributed by atoms with van der Waals surface area (Å²) >= 11 is 0. The lowest BCUT2D eigenvalue weighted by molar-refractivity contribution is 1.19. The van der Waals surface area contributed by atoms with Crippen LogP contribution in [0, 0.1) is 0 Å². The summed E-state index contributed by atoms with van der Waals surface area (Å²) in [6.07, 6.45) is 1.89. The summed E-state index contributed by atoms with van der Waals surface area (Å²) in [6.45, 7) is 0. The molecule has 4 aromatic carbocycles. The van der Waals surface area contributed by atoms with Crippen molar-refractivity contribution in [1.82, 2.24) is 0 Å². The van der Waals surface area contributed by atoms with Crippen molar-refractivity contribution in [1.29, 1.82) is 0 Å². The molecule has 1 aromatic heterocycles. The predicted octanol–water partition coefficient (Wildman–Crippen LogP) is 8.78. The Labute approximate surface area is 192 Å². The first-order chi connectivity index (χ1) is 15.9. The van der Waals surface area contributed by atoms with Crippen LogP contribution in [0.5, 0.6) is 0 Å².